The molecule has 1 aliphatic rings. The van der Waals surface area contributed by atoms with E-state index in [-0.39, 0.29) is 31.0 Å². The third-order valence-corrected chi connectivity index (χ3v) is 4.06. The van der Waals surface area contributed by atoms with Crippen molar-refractivity contribution in [3.8, 4) is 5.69 Å². The molecule has 1 aliphatic heterocycles. The van der Waals surface area contributed by atoms with Crippen LogP contribution in [0, 0.1) is 5.82 Å². The number of nitrogens with zero attached hydrogens (tertiary/aromatic N) is 3. The number of alkyl halides is 3. The number of carbonyl (C=O) groups excluding carboxylic acids is 1. The summed E-state index contributed by atoms with van der Waals surface area (Å²) in [5.74, 6) is -1.67. The first-order valence-corrected chi connectivity index (χ1v) is 8.03. The standard InChI is InChI=1S/C17H17F4N3O2/c1-10-8-23(9-11(2)26-10)16(25)12-7-22-24(15(12)17(19,20)21)14-6-4-3-5-13(14)18/h3-7,10-11H,8-9H2,1-2H3. The number of morpholine rings is 1. The Labute approximate surface area is 147 Å². The largest absolute Gasteiger partial charge is 0.434 e. The fourth-order valence-corrected chi connectivity index (χ4v) is 3.10. The van der Waals surface area contributed by atoms with Crippen LogP contribution in [0.15, 0.2) is 30.5 Å². The Kier molecular flexibility index (Phi) is 4.74. The maximum atomic E-state index is 14.0. The highest BCUT2D eigenvalue weighted by atomic mass is 19.4. The lowest BCUT2D eigenvalue weighted by Crippen LogP contribution is -2.48. The monoisotopic (exact) mass is 371 g/mol. The lowest BCUT2D eigenvalue weighted by atomic mass is 10.1. The van der Waals surface area contributed by atoms with Crippen molar-refractivity contribution >= 4 is 5.91 Å². The van der Waals surface area contributed by atoms with E-state index >= 15 is 0 Å². The second-order valence-corrected chi connectivity index (χ2v) is 6.24. The fraction of sp³-hybridized carbons (Fsp3) is 0.412. The maximum absolute atomic E-state index is 14.0. The van der Waals surface area contributed by atoms with Gasteiger partial charge in [0.1, 0.15) is 11.5 Å². The van der Waals surface area contributed by atoms with Gasteiger partial charge in [0.15, 0.2) is 5.69 Å². The number of para-hydroxylation sites is 1. The van der Waals surface area contributed by atoms with Crippen LogP contribution in [0.25, 0.3) is 5.69 Å². The first-order chi connectivity index (χ1) is 12.2. The zero-order valence-corrected chi connectivity index (χ0v) is 14.1. The van der Waals surface area contributed by atoms with Gasteiger partial charge in [-0.3, -0.25) is 4.79 Å². The summed E-state index contributed by atoms with van der Waals surface area (Å²) in [6.07, 6.45) is -4.63. The van der Waals surface area contributed by atoms with Crippen LogP contribution in [0.3, 0.4) is 0 Å². The highest BCUT2D eigenvalue weighted by Gasteiger charge is 2.42. The van der Waals surface area contributed by atoms with E-state index in [4.69, 9.17) is 4.74 Å². The van der Waals surface area contributed by atoms with E-state index in [0.717, 1.165) is 12.3 Å². The Balaban J connectivity index is 2.06. The van der Waals surface area contributed by atoms with Crippen LogP contribution in [0.1, 0.15) is 29.9 Å². The number of benzene rings is 1. The molecular weight excluding hydrogens is 354 g/mol. The average molecular weight is 371 g/mol. The van der Waals surface area contributed by atoms with Gasteiger partial charge in [0, 0.05) is 13.1 Å². The molecule has 0 aliphatic carbocycles. The van der Waals surface area contributed by atoms with Crippen molar-refractivity contribution in [2.45, 2.75) is 32.2 Å². The highest BCUT2D eigenvalue weighted by molar-refractivity contribution is 5.95. The molecular formula is C17H17F4N3O2. The SMILES string of the molecule is CC1CN(C(=O)c2cnn(-c3ccccc3F)c2C(F)(F)F)CC(C)O1. The number of halogens is 4. The fourth-order valence-electron chi connectivity index (χ4n) is 3.10. The number of aromatic nitrogens is 2. The molecule has 5 nitrogen and oxygen atoms in total. The molecule has 0 spiro atoms. The minimum Gasteiger partial charge on any atom is -0.372 e. The molecule has 2 heterocycles. The van der Waals surface area contributed by atoms with E-state index in [0.29, 0.717) is 4.68 Å². The molecule has 0 N–H and O–H groups in total. The van der Waals surface area contributed by atoms with Gasteiger partial charge in [-0.15, -0.1) is 0 Å². The van der Waals surface area contributed by atoms with Crippen LogP contribution in [-0.4, -0.2) is 45.9 Å². The maximum Gasteiger partial charge on any atom is 0.434 e. The molecule has 140 valence electrons. The molecule has 1 saturated heterocycles. The lowest BCUT2D eigenvalue weighted by Gasteiger charge is -2.35. The van der Waals surface area contributed by atoms with Crippen molar-refractivity contribution in [1.29, 1.82) is 0 Å². The molecule has 2 atom stereocenters. The van der Waals surface area contributed by atoms with E-state index < -0.39 is 29.2 Å². The van der Waals surface area contributed by atoms with Crippen LogP contribution < -0.4 is 0 Å². The van der Waals surface area contributed by atoms with Gasteiger partial charge in [-0.1, -0.05) is 12.1 Å². The van der Waals surface area contributed by atoms with Gasteiger partial charge in [-0.25, -0.2) is 9.07 Å². The van der Waals surface area contributed by atoms with Gasteiger partial charge < -0.3 is 9.64 Å². The number of hydrogen-bond acceptors (Lipinski definition) is 3. The molecule has 0 bridgehead atoms. The molecule has 0 saturated carbocycles. The van der Waals surface area contributed by atoms with Crippen molar-refractivity contribution in [1.82, 2.24) is 14.7 Å². The molecule has 2 aromatic rings. The first-order valence-electron chi connectivity index (χ1n) is 8.03. The van der Waals surface area contributed by atoms with Crippen molar-refractivity contribution in [3.05, 3.63) is 47.5 Å². The smallest absolute Gasteiger partial charge is 0.372 e. The topological polar surface area (TPSA) is 47.4 Å². The van der Waals surface area contributed by atoms with Gasteiger partial charge >= 0.3 is 6.18 Å². The minimum atomic E-state index is -4.88. The Bertz CT molecular complexity index is 809. The van der Waals surface area contributed by atoms with Crippen LogP contribution in [-0.2, 0) is 10.9 Å². The lowest BCUT2D eigenvalue weighted by molar-refractivity contribution is -0.143. The van der Waals surface area contributed by atoms with Crippen molar-refractivity contribution in [2.75, 3.05) is 13.1 Å². The molecule has 1 fully saturated rings. The Hall–Kier alpha value is -2.42. The van der Waals surface area contributed by atoms with Crippen molar-refractivity contribution in [2.24, 2.45) is 0 Å². The number of amides is 1. The number of hydrogen-bond donors (Lipinski definition) is 0. The summed E-state index contributed by atoms with van der Waals surface area (Å²) in [4.78, 5) is 14.0. The van der Waals surface area contributed by atoms with Crippen LogP contribution >= 0.6 is 0 Å². The summed E-state index contributed by atoms with van der Waals surface area (Å²) >= 11 is 0. The second-order valence-electron chi connectivity index (χ2n) is 6.24. The van der Waals surface area contributed by atoms with Crippen molar-refractivity contribution in [3.63, 3.8) is 0 Å². The van der Waals surface area contributed by atoms with Gasteiger partial charge in [0.2, 0.25) is 0 Å². The van der Waals surface area contributed by atoms with Crippen LogP contribution in [0.2, 0.25) is 0 Å². The summed E-state index contributed by atoms with van der Waals surface area (Å²) in [5.41, 5.74) is -2.27. The van der Waals surface area contributed by atoms with Crippen molar-refractivity contribution < 1.29 is 27.1 Å². The molecule has 3 rings (SSSR count). The minimum absolute atomic E-state index is 0.172. The summed E-state index contributed by atoms with van der Waals surface area (Å²) in [6, 6.07) is 4.96. The van der Waals surface area contributed by atoms with E-state index in [1.165, 1.54) is 23.1 Å². The summed E-state index contributed by atoms with van der Waals surface area (Å²) in [5, 5.41) is 3.65. The number of carbonyl (C=O) groups is 1. The molecule has 1 amide bonds. The zero-order chi connectivity index (χ0) is 19.1. The Morgan fingerprint density at radius 2 is 1.81 bits per heavy atom. The molecule has 1 aromatic carbocycles. The van der Waals surface area contributed by atoms with E-state index in [9.17, 15) is 22.4 Å². The second kappa shape index (κ2) is 6.71. The third-order valence-electron chi connectivity index (χ3n) is 4.06. The number of rotatable bonds is 2. The predicted octanol–water partition coefficient (Wildman–Crippen LogP) is 3.28. The zero-order valence-electron chi connectivity index (χ0n) is 14.1. The summed E-state index contributed by atoms with van der Waals surface area (Å²) in [6.45, 7) is 3.82. The molecule has 0 radical (unpaired) electrons. The predicted molar refractivity (Wildman–Crippen MR) is 84.4 cm³/mol. The Morgan fingerprint density at radius 3 is 2.38 bits per heavy atom. The molecule has 9 heteroatoms. The quantitative estimate of drug-likeness (QED) is 0.762. The molecule has 1 aromatic heterocycles. The van der Waals surface area contributed by atoms with Gasteiger partial charge in [-0.2, -0.15) is 18.3 Å². The molecule has 26 heavy (non-hydrogen) atoms. The van der Waals surface area contributed by atoms with E-state index in [2.05, 4.69) is 5.10 Å². The van der Waals surface area contributed by atoms with Gasteiger partial charge in [0.25, 0.3) is 5.91 Å². The first kappa shape index (κ1) is 18.4. The summed E-state index contributed by atoms with van der Waals surface area (Å²) in [7, 11) is 0. The normalized spacial score (nSPS) is 21.1. The third kappa shape index (κ3) is 3.44. The number of ether oxygens (including phenoxy) is 1. The van der Waals surface area contributed by atoms with E-state index in [1.807, 2.05) is 0 Å². The van der Waals surface area contributed by atoms with Gasteiger partial charge in [0.05, 0.1) is 24.0 Å². The highest BCUT2D eigenvalue weighted by Crippen LogP contribution is 2.35. The van der Waals surface area contributed by atoms with Crippen LogP contribution in [0.5, 0.6) is 0 Å². The van der Waals surface area contributed by atoms with Gasteiger partial charge in [-0.05, 0) is 26.0 Å². The Morgan fingerprint density at radius 1 is 1.19 bits per heavy atom. The summed E-state index contributed by atoms with van der Waals surface area (Å²) < 4.78 is 60.9. The average Bonchev–Trinajstić information content (AvgIpc) is 2.98. The van der Waals surface area contributed by atoms with Crippen LogP contribution in [0.4, 0.5) is 17.6 Å². The van der Waals surface area contributed by atoms with E-state index in [1.54, 1.807) is 13.8 Å². The molecule has 2 unspecified atom stereocenters.